The van der Waals surface area contributed by atoms with E-state index in [-0.39, 0.29) is 0 Å². The van der Waals surface area contributed by atoms with Crippen LogP contribution in [0.4, 0.5) is 5.88 Å². The van der Waals surface area contributed by atoms with Gasteiger partial charge in [-0.1, -0.05) is 29.4 Å². The molecule has 19 heavy (non-hydrogen) atoms. The van der Waals surface area contributed by atoms with Crippen LogP contribution in [0.2, 0.25) is 0 Å². The van der Waals surface area contributed by atoms with Crippen molar-refractivity contribution in [1.82, 2.24) is 15.4 Å². The molecule has 0 aliphatic carbocycles. The van der Waals surface area contributed by atoms with Crippen LogP contribution in [0.1, 0.15) is 5.56 Å². The Kier molecular flexibility index (Phi) is 2.72. The number of rotatable bonds is 2. The zero-order valence-corrected chi connectivity index (χ0v) is 10.4. The van der Waals surface area contributed by atoms with Gasteiger partial charge in [0, 0.05) is 5.56 Å². The molecular weight excluding hydrogens is 240 g/mol. The standard InChI is InChI=1S/C14H12N4O/c1-9-4-2-3-5-11(9)12-13(18-19-14(12)15)10-6-7-16-17-8-10/h2-8H,15H2,1H3. The Labute approximate surface area is 110 Å². The lowest BCUT2D eigenvalue weighted by Crippen LogP contribution is -1.90. The minimum absolute atomic E-state index is 0.307. The van der Waals surface area contributed by atoms with E-state index in [0.29, 0.717) is 11.6 Å². The van der Waals surface area contributed by atoms with Crippen LogP contribution in [-0.2, 0) is 0 Å². The minimum Gasteiger partial charge on any atom is -0.367 e. The molecule has 5 heteroatoms. The molecular formula is C14H12N4O. The van der Waals surface area contributed by atoms with Crippen molar-refractivity contribution in [2.75, 3.05) is 5.73 Å². The third-order valence-electron chi connectivity index (χ3n) is 2.99. The van der Waals surface area contributed by atoms with Crippen molar-refractivity contribution in [1.29, 1.82) is 0 Å². The van der Waals surface area contributed by atoms with E-state index in [4.69, 9.17) is 10.3 Å². The van der Waals surface area contributed by atoms with E-state index in [1.54, 1.807) is 12.4 Å². The lowest BCUT2D eigenvalue weighted by Gasteiger charge is -2.05. The lowest BCUT2D eigenvalue weighted by molar-refractivity contribution is 0.439. The molecule has 0 spiro atoms. The molecule has 0 bridgehead atoms. The summed E-state index contributed by atoms with van der Waals surface area (Å²) < 4.78 is 5.14. The number of aromatic nitrogens is 3. The fourth-order valence-corrected chi connectivity index (χ4v) is 2.04. The Balaban J connectivity index is 2.23. The fourth-order valence-electron chi connectivity index (χ4n) is 2.04. The smallest absolute Gasteiger partial charge is 0.230 e. The molecule has 2 N–H and O–H groups in total. The van der Waals surface area contributed by atoms with Gasteiger partial charge in [0.05, 0.1) is 18.0 Å². The number of nitrogens with zero attached hydrogens (tertiary/aromatic N) is 3. The van der Waals surface area contributed by atoms with Gasteiger partial charge in [-0.3, -0.25) is 0 Å². The number of benzene rings is 1. The van der Waals surface area contributed by atoms with Crippen molar-refractivity contribution in [3.05, 3.63) is 48.3 Å². The molecule has 0 saturated carbocycles. The lowest BCUT2D eigenvalue weighted by atomic mass is 9.98. The first-order valence-electron chi connectivity index (χ1n) is 5.85. The van der Waals surface area contributed by atoms with Crippen LogP contribution >= 0.6 is 0 Å². The molecule has 5 nitrogen and oxygen atoms in total. The number of nitrogens with two attached hydrogens (primary N) is 1. The third kappa shape index (κ3) is 1.95. The van der Waals surface area contributed by atoms with Crippen molar-refractivity contribution < 1.29 is 4.52 Å². The van der Waals surface area contributed by atoms with Crippen molar-refractivity contribution in [3.8, 4) is 22.4 Å². The topological polar surface area (TPSA) is 77.8 Å². The molecule has 3 rings (SSSR count). The number of anilines is 1. The molecule has 0 saturated heterocycles. The van der Waals surface area contributed by atoms with Crippen LogP contribution in [0.5, 0.6) is 0 Å². The summed E-state index contributed by atoms with van der Waals surface area (Å²) in [5, 5.41) is 11.6. The largest absolute Gasteiger partial charge is 0.367 e. The molecule has 0 aliphatic heterocycles. The highest BCUT2D eigenvalue weighted by Crippen LogP contribution is 2.37. The van der Waals surface area contributed by atoms with Crippen LogP contribution in [0.3, 0.4) is 0 Å². The Morgan fingerprint density at radius 1 is 1.11 bits per heavy atom. The molecule has 0 fully saturated rings. The molecule has 2 heterocycles. The summed E-state index contributed by atoms with van der Waals surface area (Å²) in [5.41, 5.74) is 10.3. The molecule has 0 aliphatic rings. The first-order chi connectivity index (χ1) is 9.27. The Morgan fingerprint density at radius 3 is 2.68 bits per heavy atom. The van der Waals surface area contributed by atoms with Crippen molar-refractivity contribution >= 4 is 5.88 Å². The van der Waals surface area contributed by atoms with Gasteiger partial charge in [0.2, 0.25) is 5.88 Å². The first-order valence-corrected chi connectivity index (χ1v) is 5.85. The molecule has 0 unspecified atom stereocenters. The highest BCUT2D eigenvalue weighted by atomic mass is 16.5. The summed E-state index contributed by atoms with van der Waals surface area (Å²) in [4.78, 5) is 0. The molecule has 2 aromatic heterocycles. The summed E-state index contributed by atoms with van der Waals surface area (Å²) in [6.45, 7) is 2.02. The quantitative estimate of drug-likeness (QED) is 0.758. The first kappa shape index (κ1) is 11.4. The number of hydrogen-bond acceptors (Lipinski definition) is 5. The monoisotopic (exact) mass is 252 g/mol. The number of nitrogen functional groups attached to an aromatic ring is 1. The van der Waals surface area contributed by atoms with E-state index >= 15 is 0 Å². The number of hydrogen-bond donors (Lipinski definition) is 1. The summed E-state index contributed by atoms with van der Waals surface area (Å²) in [7, 11) is 0. The van der Waals surface area contributed by atoms with E-state index in [1.807, 2.05) is 37.3 Å². The second-order valence-corrected chi connectivity index (χ2v) is 4.22. The molecule has 0 atom stereocenters. The van der Waals surface area contributed by atoms with E-state index < -0.39 is 0 Å². The van der Waals surface area contributed by atoms with Gasteiger partial charge >= 0.3 is 0 Å². The molecule has 0 amide bonds. The van der Waals surface area contributed by atoms with Gasteiger partial charge in [-0.05, 0) is 24.1 Å². The normalized spacial score (nSPS) is 10.6. The van der Waals surface area contributed by atoms with Crippen LogP contribution in [0, 0.1) is 6.92 Å². The maximum Gasteiger partial charge on any atom is 0.230 e. The summed E-state index contributed by atoms with van der Waals surface area (Å²) in [6.07, 6.45) is 3.25. The predicted octanol–water partition coefficient (Wildman–Crippen LogP) is 2.69. The van der Waals surface area contributed by atoms with Crippen LogP contribution in [0.25, 0.3) is 22.4 Å². The van der Waals surface area contributed by atoms with Crippen LogP contribution in [0.15, 0.2) is 47.2 Å². The zero-order valence-electron chi connectivity index (χ0n) is 10.4. The number of aryl methyl sites for hydroxylation is 1. The van der Waals surface area contributed by atoms with E-state index in [2.05, 4.69) is 15.4 Å². The average molecular weight is 252 g/mol. The summed E-state index contributed by atoms with van der Waals surface area (Å²) >= 11 is 0. The predicted molar refractivity (Wildman–Crippen MR) is 72.1 cm³/mol. The Bertz CT molecular complexity index is 706. The highest BCUT2D eigenvalue weighted by Gasteiger charge is 2.18. The van der Waals surface area contributed by atoms with Gasteiger partial charge in [0.1, 0.15) is 5.69 Å². The Morgan fingerprint density at radius 2 is 1.95 bits per heavy atom. The van der Waals surface area contributed by atoms with Crippen molar-refractivity contribution in [2.45, 2.75) is 6.92 Å². The second kappa shape index (κ2) is 4.53. The van der Waals surface area contributed by atoms with Gasteiger partial charge in [-0.25, -0.2) is 0 Å². The van der Waals surface area contributed by atoms with Crippen LogP contribution in [-0.4, -0.2) is 15.4 Å². The molecule has 3 aromatic rings. The van der Waals surface area contributed by atoms with Crippen LogP contribution < -0.4 is 5.73 Å². The minimum atomic E-state index is 0.307. The molecule has 94 valence electrons. The second-order valence-electron chi connectivity index (χ2n) is 4.22. The maximum atomic E-state index is 5.91. The Hall–Kier alpha value is -2.69. The highest BCUT2D eigenvalue weighted by molar-refractivity contribution is 5.87. The van der Waals surface area contributed by atoms with Gasteiger partial charge in [-0.15, -0.1) is 0 Å². The zero-order chi connectivity index (χ0) is 13.2. The third-order valence-corrected chi connectivity index (χ3v) is 2.99. The molecule has 0 radical (unpaired) electrons. The van der Waals surface area contributed by atoms with Gasteiger partial charge in [0.15, 0.2) is 0 Å². The van der Waals surface area contributed by atoms with Gasteiger partial charge in [-0.2, -0.15) is 10.2 Å². The van der Waals surface area contributed by atoms with Crippen molar-refractivity contribution in [2.24, 2.45) is 0 Å². The van der Waals surface area contributed by atoms with E-state index in [0.717, 1.165) is 22.3 Å². The van der Waals surface area contributed by atoms with E-state index in [9.17, 15) is 0 Å². The van der Waals surface area contributed by atoms with E-state index in [1.165, 1.54) is 0 Å². The van der Waals surface area contributed by atoms with Gasteiger partial charge in [0.25, 0.3) is 0 Å². The summed E-state index contributed by atoms with van der Waals surface area (Å²) in [6, 6.07) is 9.79. The average Bonchev–Trinajstić information content (AvgIpc) is 2.82. The SMILES string of the molecule is Cc1ccccc1-c1c(-c2ccnnc2)noc1N. The van der Waals surface area contributed by atoms with Gasteiger partial charge < -0.3 is 10.3 Å². The molecule has 1 aromatic carbocycles. The summed E-state index contributed by atoms with van der Waals surface area (Å²) in [5.74, 6) is 0.307. The maximum absolute atomic E-state index is 5.91. The fraction of sp³-hybridized carbons (Fsp3) is 0.0714. The van der Waals surface area contributed by atoms with Crippen molar-refractivity contribution in [3.63, 3.8) is 0 Å².